The summed E-state index contributed by atoms with van der Waals surface area (Å²) in [5.41, 5.74) is -0.0955. The Bertz CT molecular complexity index is 476. The topological polar surface area (TPSA) is 102 Å². The van der Waals surface area contributed by atoms with Crippen LogP contribution in [0.15, 0.2) is 6.33 Å². The summed E-state index contributed by atoms with van der Waals surface area (Å²) in [6.07, 6.45) is 4.08. The maximum Gasteiger partial charge on any atom is 0.353 e. The molecule has 0 atom stereocenters. The van der Waals surface area contributed by atoms with Gasteiger partial charge in [0, 0.05) is 19.7 Å². The second-order valence-corrected chi connectivity index (χ2v) is 4.77. The molecule has 0 aromatic carbocycles. The number of nitrogens with zero attached hydrogens (tertiary/aromatic N) is 3. The average molecular weight is 281 g/mol. The van der Waals surface area contributed by atoms with Gasteiger partial charge in [0.15, 0.2) is 0 Å². The van der Waals surface area contributed by atoms with Gasteiger partial charge in [-0.2, -0.15) is 0 Å². The van der Waals surface area contributed by atoms with Crippen molar-refractivity contribution >= 4 is 17.3 Å². The van der Waals surface area contributed by atoms with Crippen molar-refractivity contribution in [3.05, 3.63) is 16.4 Å². The lowest BCUT2D eigenvalue weighted by atomic mass is 9.89. The van der Waals surface area contributed by atoms with E-state index < -0.39 is 4.92 Å². The number of nitro groups is 1. The standard InChI is InChI=1S/C12H19N5O3/c1-3-4-13-11-10(17(18)19)12(15-7-14-11)16-8-5-9(6-8)20-2/h7-9H,3-6H2,1-2H3,(H2,13,14,15,16). The minimum Gasteiger partial charge on any atom is -0.381 e. The van der Waals surface area contributed by atoms with Crippen molar-refractivity contribution in [2.75, 3.05) is 24.3 Å². The Labute approximate surface area is 117 Å². The van der Waals surface area contributed by atoms with Gasteiger partial charge in [0.2, 0.25) is 11.6 Å². The zero-order valence-corrected chi connectivity index (χ0v) is 11.6. The highest BCUT2D eigenvalue weighted by molar-refractivity contribution is 5.69. The Balaban J connectivity index is 2.13. The number of ether oxygens (including phenoxy) is 1. The quantitative estimate of drug-likeness (QED) is 0.580. The van der Waals surface area contributed by atoms with Crippen LogP contribution in [0.3, 0.4) is 0 Å². The average Bonchev–Trinajstić information content (AvgIpc) is 2.39. The molecule has 110 valence electrons. The molecule has 0 saturated heterocycles. The van der Waals surface area contributed by atoms with Crippen LogP contribution in [0.25, 0.3) is 0 Å². The zero-order valence-electron chi connectivity index (χ0n) is 11.6. The first-order chi connectivity index (χ1) is 9.65. The summed E-state index contributed by atoms with van der Waals surface area (Å²) in [7, 11) is 1.67. The third kappa shape index (κ3) is 3.13. The van der Waals surface area contributed by atoms with Crippen LogP contribution in [0, 0.1) is 10.1 Å². The lowest BCUT2D eigenvalue weighted by Gasteiger charge is -2.34. The molecule has 1 aromatic heterocycles. The van der Waals surface area contributed by atoms with E-state index in [9.17, 15) is 10.1 Å². The van der Waals surface area contributed by atoms with Crippen LogP contribution in [0.4, 0.5) is 17.3 Å². The van der Waals surface area contributed by atoms with E-state index in [1.54, 1.807) is 7.11 Å². The Morgan fingerprint density at radius 1 is 1.45 bits per heavy atom. The smallest absolute Gasteiger partial charge is 0.353 e. The van der Waals surface area contributed by atoms with Gasteiger partial charge in [0.05, 0.1) is 11.0 Å². The van der Waals surface area contributed by atoms with E-state index in [0.29, 0.717) is 6.54 Å². The van der Waals surface area contributed by atoms with Gasteiger partial charge in [-0.05, 0) is 19.3 Å². The van der Waals surface area contributed by atoms with Crippen LogP contribution in [0.2, 0.25) is 0 Å². The predicted molar refractivity (Wildman–Crippen MR) is 74.9 cm³/mol. The molecule has 8 heteroatoms. The van der Waals surface area contributed by atoms with Crippen LogP contribution in [-0.4, -0.2) is 40.7 Å². The molecule has 1 aliphatic carbocycles. The molecule has 0 spiro atoms. The van der Waals surface area contributed by atoms with Gasteiger partial charge in [0.25, 0.3) is 0 Å². The molecule has 1 aromatic rings. The van der Waals surface area contributed by atoms with E-state index >= 15 is 0 Å². The summed E-state index contributed by atoms with van der Waals surface area (Å²) in [5, 5.41) is 17.3. The number of rotatable bonds is 7. The van der Waals surface area contributed by atoms with Crippen molar-refractivity contribution in [2.24, 2.45) is 0 Å². The minimum atomic E-state index is -0.452. The van der Waals surface area contributed by atoms with Crippen molar-refractivity contribution in [3.63, 3.8) is 0 Å². The van der Waals surface area contributed by atoms with Crippen LogP contribution in [0.1, 0.15) is 26.2 Å². The van der Waals surface area contributed by atoms with E-state index in [4.69, 9.17) is 4.74 Å². The van der Waals surface area contributed by atoms with E-state index in [2.05, 4.69) is 20.6 Å². The molecule has 2 N–H and O–H groups in total. The number of anilines is 2. The van der Waals surface area contributed by atoms with Crippen molar-refractivity contribution in [3.8, 4) is 0 Å². The molecule has 1 heterocycles. The van der Waals surface area contributed by atoms with Crippen molar-refractivity contribution in [1.29, 1.82) is 0 Å². The monoisotopic (exact) mass is 281 g/mol. The second kappa shape index (κ2) is 6.47. The molecule has 1 saturated carbocycles. The lowest BCUT2D eigenvalue weighted by molar-refractivity contribution is -0.383. The third-order valence-corrected chi connectivity index (χ3v) is 3.32. The van der Waals surface area contributed by atoms with Gasteiger partial charge in [-0.25, -0.2) is 9.97 Å². The first-order valence-electron chi connectivity index (χ1n) is 6.68. The molecule has 0 radical (unpaired) electrons. The first kappa shape index (κ1) is 14.4. The molecule has 1 fully saturated rings. The molecule has 1 aliphatic rings. The van der Waals surface area contributed by atoms with Crippen molar-refractivity contribution in [1.82, 2.24) is 9.97 Å². The first-order valence-corrected chi connectivity index (χ1v) is 6.68. The SMILES string of the molecule is CCCNc1ncnc(NC2CC(OC)C2)c1[N+](=O)[O-]. The van der Waals surface area contributed by atoms with Gasteiger partial charge >= 0.3 is 5.69 Å². The van der Waals surface area contributed by atoms with Gasteiger partial charge in [-0.1, -0.05) is 6.92 Å². The fourth-order valence-electron chi connectivity index (χ4n) is 2.10. The van der Waals surface area contributed by atoms with Crippen LogP contribution in [-0.2, 0) is 4.74 Å². The molecule has 8 nitrogen and oxygen atoms in total. The van der Waals surface area contributed by atoms with Crippen LogP contribution >= 0.6 is 0 Å². The predicted octanol–water partition coefficient (Wildman–Crippen LogP) is 1.80. The maximum atomic E-state index is 11.2. The zero-order chi connectivity index (χ0) is 14.5. The maximum absolute atomic E-state index is 11.2. The summed E-state index contributed by atoms with van der Waals surface area (Å²) in [6, 6.07) is 0.160. The summed E-state index contributed by atoms with van der Waals surface area (Å²) in [4.78, 5) is 18.7. The second-order valence-electron chi connectivity index (χ2n) is 4.77. The summed E-state index contributed by atoms with van der Waals surface area (Å²) in [6.45, 7) is 2.62. The molecule has 0 unspecified atom stereocenters. The summed E-state index contributed by atoms with van der Waals surface area (Å²) in [5.74, 6) is 0.528. The fraction of sp³-hybridized carbons (Fsp3) is 0.667. The number of methoxy groups -OCH3 is 1. The summed E-state index contributed by atoms with van der Waals surface area (Å²) >= 11 is 0. The summed E-state index contributed by atoms with van der Waals surface area (Å²) < 4.78 is 5.19. The Morgan fingerprint density at radius 2 is 2.15 bits per heavy atom. The highest BCUT2D eigenvalue weighted by atomic mass is 16.6. The highest BCUT2D eigenvalue weighted by Gasteiger charge is 2.32. The fourth-order valence-corrected chi connectivity index (χ4v) is 2.10. The minimum absolute atomic E-state index is 0.0955. The Hall–Kier alpha value is -1.96. The molecular formula is C12H19N5O3. The number of nitrogens with one attached hydrogen (secondary N) is 2. The highest BCUT2D eigenvalue weighted by Crippen LogP contribution is 2.32. The van der Waals surface area contributed by atoms with Crippen LogP contribution in [0.5, 0.6) is 0 Å². The Kier molecular flexibility index (Phi) is 4.67. The molecule has 0 aliphatic heterocycles. The molecule has 0 bridgehead atoms. The van der Waals surface area contributed by atoms with Gasteiger partial charge in [-0.3, -0.25) is 10.1 Å². The van der Waals surface area contributed by atoms with Crippen LogP contribution < -0.4 is 10.6 Å². The van der Waals surface area contributed by atoms with Gasteiger partial charge in [0.1, 0.15) is 6.33 Å². The van der Waals surface area contributed by atoms with Crippen molar-refractivity contribution < 1.29 is 9.66 Å². The molecular weight excluding hydrogens is 262 g/mol. The lowest BCUT2D eigenvalue weighted by Crippen LogP contribution is -2.40. The van der Waals surface area contributed by atoms with Gasteiger partial charge in [-0.15, -0.1) is 0 Å². The number of hydrogen-bond acceptors (Lipinski definition) is 7. The van der Waals surface area contributed by atoms with E-state index in [1.165, 1.54) is 6.33 Å². The van der Waals surface area contributed by atoms with E-state index in [-0.39, 0.29) is 29.5 Å². The molecule has 0 amide bonds. The number of aromatic nitrogens is 2. The van der Waals surface area contributed by atoms with Crippen molar-refractivity contribution in [2.45, 2.75) is 38.3 Å². The van der Waals surface area contributed by atoms with E-state index in [0.717, 1.165) is 19.3 Å². The van der Waals surface area contributed by atoms with Gasteiger partial charge < -0.3 is 15.4 Å². The molecule has 2 rings (SSSR count). The largest absolute Gasteiger partial charge is 0.381 e. The Morgan fingerprint density at radius 3 is 2.75 bits per heavy atom. The number of hydrogen-bond donors (Lipinski definition) is 2. The molecule has 20 heavy (non-hydrogen) atoms. The van der Waals surface area contributed by atoms with E-state index in [1.807, 2.05) is 6.92 Å². The third-order valence-electron chi connectivity index (χ3n) is 3.32. The normalized spacial score (nSPS) is 21.1.